The van der Waals surface area contributed by atoms with Gasteiger partial charge in [0.1, 0.15) is 6.07 Å². The van der Waals surface area contributed by atoms with E-state index in [1.54, 1.807) is 66.7 Å². The second-order valence-electron chi connectivity index (χ2n) is 19.6. The predicted molar refractivity (Wildman–Crippen MR) is 310 cm³/mol. The van der Waals surface area contributed by atoms with Crippen molar-refractivity contribution >= 4 is 43.6 Å². The van der Waals surface area contributed by atoms with Crippen molar-refractivity contribution in [2.75, 3.05) is 0 Å². The molecule has 0 unspecified atom stereocenters. The van der Waals surface area contributed by atoms with E-state index in [1.807, 2.05) is 81.9 Å². The van der Waals surface area contributed by atoms with Crippen LogP contribution < -0.4 is 0 Å². The molecular weight excluding hydrogens is 1050 g/mol. The van der Waals surface area contributed by atoms with Crippen molar-refractivity contribution in [1.82, 2.24) is 9.13 Å². The topological polar surface area (TPSA) is 224 Å². The van der Waals surface area contributed by atoms with Gasteiger partial charge in [-0.15, -0.1) is 0 Å². The van der Waals surface area contributed by atoms with Gasteiger partial charge in [-0.3, -0.25) is 0 Å². The summed E-state index contributed by atoms with van der Waals surface area (Å²) in [5.74, 6) is 0. The molecule has 12 aromatic rings. The van der Waals surface area contributed by atoms with Crippen molar-refractivity contribution in [1.29, 1.82) is 47.4 Å². The summed E-state index contributed by atoms with van der Waals surface area (Å²) < 4.78 is 48.7. The Morgan fingerprint density at radius 3 is 0.905 bits per heavy atom. The molecule has 0 spiro atoms. The van der Waals surface area contributed by atoms with Crippen molar-refractivity contribution in [3.63, 3.8) is 0 Å². The smallest absolute Gasteiger partial charge is 0.309 e. The van der Waals surface area contributed by atoms with E-state index >= 15 is 13.2 Å². The Hall–Kier alpha value is -13.0. The average Bonchev–Trinajstić information content (AvgIpc) is 1.75. The Morgan fingerprint density at radius 1 is 0.274 bits per heavy atom. The van der Waals surface area contributed by atoms with E-state index in [4.69, 9.17) is 0 Å². The maximum atomic E-state index is 15.0. The van der Waals surface area contributed by atoms with Crippen molar-refractivity contribution in [2.45, 2.75) is 6.18 Å². The molecule has 84 heavy (non-hydrogen) atoms. The van der Waals surface area contributed by atoms with Crippen molar-refractivity contribution in [2.24, 2.45) is 0 Å². The zero-order valence-corrected chi connectivity index (χ0v) is 43.4. The molecule has 2 aromatic heterocycles. The van der Waals surface area contributed by atoms with Crippen LogP contribution in [-0.4, -0.2) is 9.13 Å². The highest BCUT2D eigenvalue weighted by molar-refractivity contribution is 6.14. The molecule has 0 radical (unpaired) electrons. The summed E-state index contributed by atoms with van der Waals surface area (Å²) in [5.41, 5.74) is 8.23. The van der Waals surface area contributed by atoms with Gasteiger partial charge in [0, 0.05) is 27.1 Å². The molecule has 0 saturated carbocycles. The minimum Gasteiger partial charge on any atom is -0.309 e. The fraction of sp³-hybridized carbons (Fsp3) is 0.0143. The highest BCUT2D eigenvalue weighted by Gasteiger charge is 2.32. The Bertz CT molecular complexity index is 5060. The first kappa shape index (κ1) is 51.7. The summed E-state index contributed by atoms with van der Waals surface area (Å²) in [6.07, 6.45) is -4.79. The third kappa shape index (κ3) is 8.57. The lowest BCUT2D eigenvalue weighted by atomic mass is 9.96. The molecule has 0 bridgehead atoms. The molecule has 0 amide bonds. The fourth-order valence-corrected chi connectivity index (χ4v) is 11.2. The summed E-state index contributed by atoms with van der Waals surface area (Å²) in [6.45, 7) is 0. The Kier molecular flexibility index (Phi) is 12.5. The average molecular weight is 1080 g/mol. The molecular formula is C70H30F3N11. The highest BCUT2D eigenvalue weighted by Crippen LogP contribution is 2.45. The van der Waals surface area contributed by atoms with E-state index in [-0.39, 0.29) is 72.6 Å². The fourth-order valence-electron chi connectivity index (χ4n) is 11.2. The molecule has 2 heterocycles. The molecule has 0 N–H and O–H groups in total. The Balaban J connectivity index is 1.23. The third-order valence-corrected chi connectivity index (χ3v) is 15.1. The number of rotatable bonds is 7. The second kappa shape index (κ2) is 20.3. The van der Waals surface area contributed by atoms with Crippen molar-refractivity contribution in [3.05, 3.63) is 238 Å². The number of halogens is 3. The van der Waals surface area contributed by atoms with E-state index < -0.39 is 11.7 Å². The Labute approximate surface area is 476 Å². The number of alkyl halides is 3. The van der Waals surface area contributed by atoms with Crippen LogP contribution in [0.25, 0.3) is 111 Å². The third-order valence-electron chi connectivity index (χ3n) is 15.1. The van der Waals surface area contributed by atoms with Gasteiger partial charge in [0.15, 0.2) is 0 Å². The molecule has 386 valence electrons. The van der Waals surface area contributed by atoms with Gasteiger partial charge in [-0.05, 0) is 147 Å². The van der Waals surface area contributed by atoms with Gasteiger partial charge in [-0.1, -0.05) is 84.9 Å². The van der Waals surface area contributed by atoms with E-state index in [0.717, 1.165) is 12.1 Å². The van der Waals surface area contributed by atoms with Gasteiger partial charge < -0.3 is 9.13 Å². The normalized spacial score (nSPS) is 10.9. The van der Waals surface area contributed by atoms with Gasteiger partial charge in [-0.2, -0.15) is 60.5 Å². The van der Waals surface area contributed by atoms with Crippen LogP contribution in [0.1, 0.15) is 55.6 Å². The molecule has 11 nitrogen and oxygen atoms in total. The van der Waals surface area contributed by atoms with Crippen LogP contribution in [-0.2, 0) is 6.18 Å². The molecule has 0 atom stereocenters. The monoisotopic (exact) mass is 1080 g/mol. The molecule has 0 aliphatic heterocycles. The predicted octanol–water partition coefficient (Wildman–Crippen LogP) is 16.1. The van der Waals surface area contributed by atoms with Crippen LogP contribution >= 0.6 is 0 Å². The van der Waals surface area contributed by atoms with Crippen LogP contribution in [0.4, 0.5) is 13.2 Å². The molecule has 0 aliphatic rings. The van der Waals surface area contributed by atoms with E-state index in [9.17, 15) is 47.4 Å². The number of fused-ring (bicyclic) bond motifs is 6. The summed E-state index contributed by atoms with van der Waals surface area (Å²) in [5, 5.41) is 94.8. The summed E-state index contributed by atoms with van der Waals surface area (Å²) in [7, 11) is 0. The molecule has 0 saturated heterocycles. The lowest BCUT2D eigenvalue weighted by Crippen LogP contribution is -2.06. The van der Waals surface area contributed by atoms with Gasteiger partial charge in [0.2, 0.25) is 0 Å². The highest BCUT2D eigenvalue weighted by atomic mass is 19.4. The Morgan fingerprint density at radius 2 is 0.595 bits per heavy atom. The number of hydrogen-bond acceptors (Lipinski definition) is 9. The van der Waals surface area contributed by atoms with Gasteiger partial charge >= 0.3 is 6.18 Å². The summed E-state index contributed by atoms with van der Waals surface area (Å²) in [4.78, 5) is 0. The SMILES string of the molecule is N#Cc1ccc(-c2ccc3c4ccc(-c5ccc(C#N)cc5C#N)cc4n(-c4cc(-c5cccc(C(F)(F)F)c5)c(-n5c6cc(-c7ccc(C#N)cc7C#N)ccc6c6ccc(-c7ccc(C#N)cc7C#N)cc65)cc4C#N)c3c2)c(C#N)c1. The van der Waals surface area contributed by atoms with E-state index in [2.05, 4.69) is 54.6 Å². The van der Waals surface area contributed by atoms with Crippen LogP contribution in [0, 0.1) is 102 Å². The van der Waals surface area contributed by atoms with Crippen LogP contribution in [0.3, 0.4) is 0 Å². The summed E-state index contributed by atoms with van der Waals surface area (Å²) >= 11 is 0. The first-order valence-electron chi connectivity index (χ1n) is 25.6. The largest absolute Gasteiger partial charge is 0.416 e. The van der Waals surface area contributed by atoms with Gasteiger partial charge in [-0.25, -0.2) is 0 Å². The number of nitrogens with zero attached hydrogens (tertiary/aromatic N) is 11. The van der Waals surface area contributed by atoms with E-state index in [1.165, 1.54) is 30.3 Å². The zero-order chi connectivity index (χ0) is 58.6. The molecule has 0 fully saturated rings. The minimum atomic E-state index is -4.79. The van der Waals surface area contributed by atoms with Crippen LogP contribution in [0.5, 0.6) is 0 Å². The quantitative estimate of drug-likeness (QED) is 0.148. The zero-order valence-electron chi connectivity index (χ0n) is 43.4. The lowest BCUT2D eigenvalue weighted by molar-refractivity contribution is -0.137. The summed E-state index contributed by atoms with van der Waals surface area (Å²) in [6, 6.07) is 68.8. The number of nitriles is 9. The molecule has 0 aliphatic carbocycles. The van der Waals surface area contributed by atoms with Crippen molar-refractivity contribution < 1.29 is 13.2 Å². The van der Waals surface area contributed by atoms with Crippen LogP contribution in [0.15, 0.2) is 182 Å². The van der Waals surface area contributed by atoms with Gasteiger partial charge in [0.25, 0.3) is 0 Å². The number of hydrogen-bond donors (Lipinski definition) is 0. The molecule has 14 heteroatoms. The minimum absolute atomic E-state index is 0.0579. The van der Waals surface area contributed by atoms with Gasteiger partial charge in [0.05, 0.1) is 138 Å². The van der Waals surface area contributed by atoms with E-state index in [0.29, 0.717) is 88.1 Å². The maximum Gasteiger partial charge on any atom is 0.416 e. The first-order chi connectivity index (χ1) is 40.8. The maximum absolute atomic E-state index is 15.0. The lowest BCUT2D eigenvalue weighted by Gasteiger charge is -2.20. The van der Waals surface area contributed by atoms with Crippen LogP contribution in [0.2, 0.25) is 0 Å². The number of aromatic nitrogens is 2. The van der Waals surface area contributed by atoms with Crippen molar-refractivity contribution in [3.8, 4) is 122 Å². The number of benzene rings is 10. The molecule has 10 aromatic carbocycles. The second-order valence-corrected chi connectivity index (χ2v) is 19.6. The standard InChI is InChI=1S/C70H30F3N11/c71-70(72,73)54-3-1-2-44(24-54)63-30-64(83-65-25-45(55-12-4-40(31-74)20-49(55)35-78)8-16-59(65)60-17-9-46(26-66(60)83)56-13-5-41(32-75)21-50(56)36-79)53(39-82)29-69(63)84-67-27-47(57-14-6-42(33-76)22-51(57)37-80)10-18-61(67)62-19-11-48(28-68(62)84)58-15-7-43(34-77)23-52(58)38-81/h1-30H. The first-order valence-corrected chi connectivity index (χ1v) is 25.6. The molecule has 12 rings (SSSR count).